The highest BCUT2D eigenvalue weighted by molar-refractivity contribution is 7.08. The lowest BCUT2D eigenvalue weighted by molar-refractivity contribution is -0.146. The molecule has 0 saturated heterocycles. The van der Waals surface area contributed by atoms with Crippen molar-refractivity contribution < 1.29 is 19.1 Å². The number of amides is 1. The van der Waals surface area contributed by atoms with Crippen LogP contribution >= 0.6 is 11.3 Å². The number of benzene rings is 2. The molecule has 132 valence electrons. The van der Waals surface area contributed by atoms with Gasteiger partial charge in [0.15, 0.2) is 6.61 Å². The molecule has 1 amide bonds. The molecule has 26 heavy (non-hydrogen) atoms. The fraction of sp³-hybridized carbons (Fsp3) is 0.100. The summed E-state index contributed by atoms with van der Waals surface area (Å²) < 4.78 is 10.7. The van der Waals surface area contributed by atoms with Crippen LogP contribution in [-0.4, -0.2) is 18.5 Å². The Balaban J connectivity index is 1.44. The number of ether oxygens (including phenoxy) is 2. The third-order valence-corrected chi connectivity index (χ3v) is 4.14. The summed E-state index contributed by atoms with van der Waals surface area (Å²) >= 11 is 1.51. The summed E-state index contributed by atoms with van der Waals surface area (Å²) in [6.07, 6.45) is 0.169. The maximum absolute atomic E-state index is 11.9. The zero-order chi connectivity index (χ0) is 18.2. The van der Waals surface area contributed by atoms with E-state index in [0.717, 1.165) is 11.3 Å². The van der Waals surface area contributed by atoms with Gasteiger partial charge in [0.1, 0.15) is 11.5 Å². The molecular weight excluding hydrogens is 350 g/mol. The Morgan fingerprint density at radius 3 is 2.35 bits per heavy atom. The molecule has 0 unspecified atom stereocenters. The van der Waals surface area contributed by atoms with E-state index in [2.05, 4.69) is 5.32 Å². The van der Waals surface area contributed by atoms with Crippen molar-refractivity contribution in [2.45, 2.75) is 6.42 Å². The van der Waals surface area contributed by atoms with Crippen LogP contribution in [0, 0.1) is 0 Å². The lowest BCUT2D eigenvalue weighted by Gasteiger charge is -2.08. The topological polar surface area (TPSA) is 64.6 Å². The molecule has 0 bridgehead atoms. The maximum Gasteiger partial charge on any atom is 0.310 e. The van der Waals surface area contributed by atoms with Gasteiger partial charge < -0.3 is 14.8 Å². The minimum Gasteiger partial charge on any atom is -0.457 e. The Labute approximate surface area is 155 Å². The third-order valence-electron chi connectivity index (χ3n) is 3.41. The Morgan fingerprint density at radius 1 is 0.923 bits per heavy atom. The predicted octanol–water partition coefficient (Wildman–Crippen LogP) is 4.26. The number of thiophene rings is 1. The minimum absolute atomic E-state index is 0.169. The van der Waals surface area contributed by atoms with Gasteiger partial charge in [-0.3, -0.25) is 9.59 Å². The third kappa shape index (κ3) is 5.46. The van der Waals surface area contributed by atoms with Crippen molar-refractivity contribution >= 4 is 28.9 Å². The minimum atomic E-state index is -0.426. The molecule has 0 radical (unpaired) electrons. The first-order chi connectivity index (χ1) is 12.7. The van der Waals surface area contributed by atoms with E-state index in [-0.39, 0.29) is 18.9 Å². The average molecular weight is 367 g/mol. The number of carbonyl (C=O) groups is 2. The van der Waals surface area contributed by atoms with Crippen molar-refractivity contribution in [2.75, 3.05) is 11.9 Å². The number of carbonyl (C=O) groups excluding carboxylic acids is 2. The van der Waals surface area contributed by atoms with Crippen LogP contribution in [0.1, 0.15) is 5.56 Å². The SMILES string of the molecule is O=C(COC(=O)Cc1ccsc1)Nc1ccc(Oc2ccccc2)cc1. The van der Waals surface area contributed by atoms with E-state index in [1.54, 1.807) is 24.3 Å². The molecule has 0 aliphatic carbocycles. The van der Waals surface area contributed by atoms with Gasteiger partial charge in [-0.05, 0) is 58.8 Å². The first-order valence-corrected chi connectivity index (χ1v) is 8.93. The largest absolute Gasteiger partial charge is 0.457 e. The highest BCUT2D eigenvalue weighted by atomic mass is 32.1. The summed E-state index contributed by atoms with van der Waals surface area (Å²) in [5.74, 6) is 0.587. The van der Waals surface area contributed by atoms with Crippen LogP contribution in [0.3, 0.4) is 0 Å². The van der Waals surface area contributed by atoms with E-state index < -0.39 is 5.97 Å². The Bertz CT molecular complexity index is 845. The van der Waals surface area contributed by atoms with Gasteiger partial charge in [0.05, 0.1) is 6.42 Å². The van der Waals surface area contributed by atoms with Crippen LogP contribution in [0.4, 0.5) is 5.69 Å². The van der Waals surface area contributed by atoms with E-state index in [4.69, 9.17) is 9.47 Å². The fourth-order valence-electron chi connectivity index (χ4n) is 2.18. The van der Waals surface area contributed by atoms with Gasteiger partial charge in [0.2, 0.25) is 0 Å². The van der Waals surface area contributed by atoms with Crippen LogP contribution in [0.2, 0.25) is 0 Å². The first-order valence-electron chi connectivity index (χ1n) is 7.98. The summed E-state index contributed by atoms with van der Waals surface area (Å²) in [6, 6.07) is 18.2. The van der Waals surface area contributed by atoms with Crippen molar-refractivity contribution in [3.63, 3.8) is 0 Å². The van der Waals surface area contributed by atoms with Crippen LogP contribution in [-0.2, 0) is 20.7 Å². The fourth-order valence-corrected chi connectivity index (χ4v) is 2.85. The quantitative estimate of drug-likeness (QED) is 0.634. The van der Waals surface area contributed by atoms with Gasteiger partial charge in [-0.2, -0.15) is 11.3 Å². The predicted molar refractivity (Wildman–Crippen MR) is 101 cm³/mol. The molecule has 1 aromatic heterocycles. The van der Waals surface area contributed by atoms with Crippen LogP contribution in [0.15, 0.2) is 71.4 Å². The molecule has 0 aliphatic heterocycles. The number of esters is 1. The number of hydrogen-bond donors (Lipinski definition) is 1. The molecule has 5 nitrogen and oxygen atoms in total. The number of nitrogens with one attached hydrogen (secondary N) is 1. The van der Waals surface area contributed by atoms with Crippen molar-refractivity contribution in [1.82, 2.24) is 0 Å². The smallest absolute Gasteiger partial charge is 0.310 e. The maximum atomic E-state index is 11.9. The summed E-state index contributed by atoms with van der Waals surface area (Å²) in [6.45, 7) is -0.314. The molecule has 0 fully saturated rings. The molecule has 1 N–H and O–H groups in total. The number of para-hydroxylation sites is 1. The van der Waals surface area contributed by atoms with Gasteiger partial charge in [0, 0.05) is 5.69 Å². The molecular formula is C20H17NO4S. The average Bonchev–Trinajstić information content (AvgIpc) is 3.15. The highest BCUT2D eigenvalue weighted by Gasteiger charge is 2.09. The Morgan fingerprint density at radius 2 is 1.65 bits per heavy atom. The van der Waals surface area contributed by atoms with Crippen molar-refractivity contribution in [1.29, 1.82) is 0 Å². The Kier molecular flexibility index (Phi) is 6.01. The molecule has 0 atom stereocenters. The van der Waals surface area contributed by atoms with Gasteiger partial charge in [-0.15, -0.1) is 0 Å². The summed E-state index contributed by atoms with van der Waals surface area (Å²) in [7, 11) is 0. The zero-order valence-corrected chi connectivity index (χ0v) is 14.7. The van der Waals surface area contributed by atoms with Crippen LogP contribution in [0.25, 0.3) is 0 Å². The van der Waals surface area contributed by atoms with E-state index in [9.17, 15) is 9.59 Å². The Hall–Kier alpha value is -3.12. The molecule has 0 aliphatic rings. The van der Waals surface area contributed by atoms with Crippen molar-refractivity contribution in [2.24, 2.45) is 0 Å². The van der Waals surface area contributed by atoms with Crippen molar-refractivity contribution in [3.05, 3.63) is 77.0 Å². The molecule has 6 heteroatoms. The highest BCUT2D eigenvalue weighted by Crippen LogP contribution is 2.22. The van der Waals surface area contributed by atoms with E-state index >= 15 is 0 Å². The molecule has 0 spiro atoms. The number of anilines is 1. The number of hydrogen-bond acceptors (Lipinski definition) is 5. The molecule has 0 saturated carbocycles. The number of rotatable bonds is 7. The molecule has 3 aromatic rings. The summed E-state index contributed by atoms with van der Waals surface area (Å²) in [5.41, 5.74) is 1.48. The van der Waals surface area contributed by atoms with E-state index in [1.807, 2.05) is 47.2 Å². The lowest BCUT2D eigenvalue weighted by atomic mass is 10.2. The van der Waals surface area contributed by atoms with Crippen molar-refractivity contribution in [3.8, 4) is 11.5 Å². The van der Waals surface area contributed by atoms with Gasteiger partial charge in [-0.25, -0.2) is 0 Å². The van der Waals surface area contributed by atoms with Gasteiger partial charge in [0.25, 0.3) is 5.91 Å². The van der Waals surface area contributed by atoms with E-state index in [1.165, 1.54) is 11.3 Å². The second-order valence-electron chi connectivity index (χ2n) is 5.46. The second kappa shape index (κ2) is 8.82. The van der Waals surface area contributed by atoms with Gasteiger partial charge >= 0.3 is 5.97 Å². The summed E-state index contributed by atoms with van der Waals surface area (Å²) in [5, 5.41) is 6.44. The monoisotopic (exact) mass is 367 g/mol. The standard InChI is InChI=1S/C20H17NO4S/c22-19(13-24-20(23)12-15-10-11-26-14-15)21-16-6-8-18(9-7-16)25-17-4-2-1-3-5-17/h1-11,14H,12-13H2,(H,21,22). The molecule has 2 aromatic carbocycles. The van der Waals surface area contributed by atoms with Gasteiger partial charge in [-0.1, -0.05) is 18.2 Å². The zero-order valence-electron chi connectivity index (χ0n) is 13.9. The lowest BCUT2D eigenvalue weighted by Crippen LogP contribution is -2.21. The summed E-state index contributed by atoms with van der Waals surface area (Å²) in [4.78, 5) is 23.5. The first kappa shape index (κ1) is 17.7. The van der Waals surface area contributed by atoms with E-state index in [0.29, 0.717) is 11.4 Å². The second-order valence-corrected chi connectivity index (χ2v) is 6.24. The molecule has 3 rings (SSSR count). The van der Waals surface area contributed by atoms with Crippen LogP contribution in [0.5, 0.6) is 11.5 Å². The normalized spacial score (nSPS) is 10.2. The van der Waals surface area contributed by atoms with Crippen LogP contribution < -0.4 is 10.1 Å². The molecule has 1 heterocycles.